The molecule has 0 bridgehead atoms. The van der Waals surface area contributed by atoms with Crippen LogP contribution < -0.4 is 4.74 Å². The molecule has 2 aromatic carbocycles. The predicted molar refractivity (Wildman–Crippen MR) is 176 cm³/mol. The molecular formula is C34H52Cl2N2O2. The van der Waals surface area contributed by atoms with E-state index in [1.807, 2.05) is 36.4 Å². The number of unbranched alkanes of at least 4 members (excludes halogenated alkanes) is 10. The average molecular weight is 592 g/mol. The van der Waals surface area contributed by atoms with Crippen molar-refractivity contribution in [2.24, 2.45) is 0 Å². The van der Waals surface area contributed by atoms with Gasteiger partial charge in [-0.15, -0.1) is 24.8 Å². The fourth-order valence-electron chi connectivity index (χ4n) is 5.26. The van der Waals surface area contributed by atoms with Crippen molar-refractivity contribution in [2.75, 3.05) is 26.7 Å². The Kier molecular flexibility index (Phi) is 18.9. The molecule has 0 radical (unpaired) electrons. The van der Waals surface area contributed by atoms with Crippen LogP contribution in [0.5, 0.6) is 5.75 Å². The monoisotopic (exact) mass is 590 g/mol. The fraction of sp³-hybridized carbons (Fsp3) is 0.559. The molecule has 3 rings (SSSR count). The Morgan fingerprint density at radius 2 is 1.32 bits per heavy atom. The van der Waals surface area contributed by atoms with E-state index >= 15 is 0 Å². The summed E-state index contributed by atoms with van der Waals surface area (Å²) < 4.78 is 5.52. The van der Waals surface area contributed by atoms with Crippen LogP contribution in [-0.2, 0) is 0 Å². The van der Waals surface area contributed by atoms with Gasteiger partial charge in [-0.1, -0.05) is 108 Å². The van der Waals surface area contributed by atoms with Crippen LogP contribution in [0, 0.1) is 0 Å². The number of pyridine rings is 1. The quantitative estimate of drug-likeness (QED) is 0.141. The largest absolute Gasteiger partial charge is 0.497 e. The van der Waals surface area contributed by atoms with Gasteiger partial charge in [0, 0.05) is 17.5 Å². The molecule has 0 amide bonds. The number of aliphatic hydroxyl groups is 1. The molecule has 1 N–H and O–H groups in total. The first kappa shape index (κ1) is 36.2. The minimum atomic E-state index is -0.588. The van der Waals surface area contributed by atoms with Gasteiger partial charge in [-0.25, -0.2) is 4.98 Å². The average Bonchev–Trinajstić information content (AvgIpc) is 2.95. The van der Waals surface area contributed by atoms with Gasteiger partial charge in [0.25, 0.3) is 0 Å². The van der Waals surface area contributed by atoms with Gasteiger partial charge in [-0.2, -0.15) is 0 Å². The van der Waals surface area contributed by atoms with Crippen molar-refractivity contribution in [2.45, 2.75) is 97.0 Å². The first-order valence-corrected chi connectivity index (χ1v) is 15.1. The summed E-state index contributed by atoms with van der Waals surface area (Å²) in [7, 11) is 1.69. The molecule has 3 aromatic rings. The lowest BCUT2D eigenvalue weighted by molar-refractivity contribution is 0.111. The summed E-state index contributed by atoms with van der Waals surface area (Å²) >= 11 is 0. The first-order chi connectivity index (χ1) is 18.7. The molecule has 224 valence electrons. The molecule has 6 heteroatoms. The summed E-state index contributed by atoms with van der Waals surface area (Å²) in [6.07, 6.45) is 14.9. The summed E-state index contributed by atoms with van der Waals surface area (Å²) in [6.45, 7) is 7.29. The third-order valence-electron chi connectivity index (χ3n) is 7.56. The van der Waals surface area contributed by atoms with E-state index in [9.17, 15) is 5.11 Å². The van der Waals surface area contributed by atoms with Gasteiger partial charge in [-0.05, 0) is 55.8 Å². The maximum atomic E-state index is 11.7. The first-order valence-electron chi connectivity index (χ1n) is 15.1. The molecule has 1 aromatic heterocycles. The predicted octanol–water partition coefficient (Wildman–Crippen LogP) is 9.81. The van der Waals surface area contributed by atoms with E-state index in [2.05, 4.69) is 36.9 Å². The molecule has 1 atom stereocenters. The topological polar surface area (TPSA) is 45.6 Å². The van der Waals surface area contributed by atoms with Crippen LogP contribution in [0.4, 0.5) is 0 Å². The Morgan fingerprint density at radius 3 is 1.90 bits per heavy atom. The molecule has 0 aliphatic carbocycles. The molecular weight excluding hydrogens is 539 g/mol. The number of ether oxygens (including phenoxy) is 1. The minimum Gasteiger partial charge on any atom is -0.497 e. The van der Waals surface area contributed by atoms with Crippen molar-refractivity contribution in [3.05, 3.63) is 60.2 Å². The van der Waals surface area contributed by atoms with Gasteiger partial charge < -0.3 is 14.7 Å². The van der Waals surface area contributed by atoms with Gasteiger partial charge in [0.05, 0.1) is 24.4 Å². The van der Waals surface area contributed by atoms with Gasteiger partial charge in [0.15, 0.2) is 0 Å². The van der Waals surface area contributed by atoms with Crippen molar-refractivity contribution in [3.63, 3.8) is 0 Å². The molecule has 0 saturated carbocycles. The number of hydrogen-bond acceptors (Lipinski definition) is 4. The molecule has 1 unspecified atom stereocenters. The number of hydrogen-bond donors (Lipinski definition) is 1. The summed E-state index contributed by atoms with van der Waals surface area (Å²) in [6, 6.07) is 18.3. The number of benzene rings is 2. The molecule has 40 heavy (non-hydrogen) atoms. The normalized spacial score (nSPS) is 11.7. The van der Waals surface area contributed by atoms with Crippen molar-refractivity contribution >= 4 is 35.7 Å². The number of aliphatic hydroxyl groups excluding tert-OH is 1. The number of halogens is 2. The Labute approximate surface area is 255 Å². The van der Waals surface area contributed by atoms with Gasteiger partial charge in [0.1, 0.15) is 5.75 Å². The van der Waals surface area contributed by atoms with Crippen LogP contribution in [0.1, 0.15) is 103 Å². The van der Waals surface area contributed by atoms with Crippen LogP contribution in [0.3, 0.4) is 0 Å². The number of rotatable bonds is 19. The van der Waals surface area contributed by atoms with E-state index in [1.54, 1.807) is 7.11 Å². The highest BCUT2D eigenvalue weighted by Gasteiger charge is 2.19. The number of nitrogens with zero attached hydrogens (tertiary/aromatic N) is 2. The number of fused-ring (bicyclic) bond motifs is 1. The molecule has 0 aliphatic rings. The van der Waals surface area contributed by atoms with E-state index in [0.29, 0.717) is 6.54 Å². The standard InChI is InChI=1S/C34H50N2O2.2ClH/c1-4-6-8-10-12-17-23-36(24-18-13-11-9-7-5-2)27-34(37)31-26-33(28-19-15-14-16-20-28)35-32-22-21-29(38-3)25-30(31)32;;/h14-16,19-22,25-26,34,37H,4-13,17-18,23-24,27H2,1-3H3;2*1H. The summed E-state index contributed by atoms with van der Waals surface area (Å²) in [5.74, 6) is 0.788. The van der Waals surface area contributed by atoms with Crippen LogP contribution in [-0.4, -0.2) is 41.7 Å². The molecule has 4 nitrogen and oxygen atoms in total. The number of methoxy groups -OCH3 is 1. The summed E-state index contributed by atoms with van der Waals surface area (Å²) in [4.78, 5) is 7.43. The molecule has 1 heterocycles. The van der Waals surface area contributed by atoms with Crippen LogP contribution >= 0.6 is 24.8 Å². The summed E-state index contributed by atoms with van der Waals surface area (Å²) in [5, 5.41) is 12.6. The number of aromatic nitrogens is 1. The van der Waals surface area contributed by atoms with E-state index in [1.165, 1.54) is 77.0 Å². The van der Waals surface area contributed by atoms with E-state index in [4.69, 9.17) is 9.72 Å². The van der Waals surface area contributed by atoms with Crippen molar-refractivity contribution in [1.29, 1.82) is 0 Å². The van der Waals surface area contributed by atoms with Crippen molar-refractivity contribution in [1.82, 2.24) is 9.88 Å². The second-order valence-corrected chi connectivity index (χ2v) is 10.7. The highest BCUT2D eigenvalue weighted by molar-refractivity contribution is 5.87. The Morgan fingerprint density at radius 1 is 0.750 bits per heavy atom. The third kappa shape index (κ3) is 11.9. The lowest BCUT2D eigenvalue weighted by Gasteiger charge is -2.26. The maximum absolute atomic E-state index is 11.7. The highest BCUT2D eigenvalue weighted by Crippen LogP contribution is 2.31. The van der Waals surface area contributed by atoms with Crippen molar-refractivity contribution in [3.8, 4) is 17.0 Å². The van der Waals surface area contributed by atoms with Gasteiger partial charge in [-0.3, -0.25) is 0 Å². The third-order valence-corrected chi connectivity index (χ3v) is 7.56. The van der Waals surface area contributed by atoms with E-state index in [-0.39, 0.29) is 24.8 Å². The Bertz CT molecular complexity index is 1050. The Hall–Kier alpha value is -1.85. The zero-order valence-electron chi connectivity index (χ0n) is 24.9. The minimum absolute atomic E-state index is 0. The molecule has 0 spiro atoms. The second-order valence-electron chi connectivity index (χ2n) is 10.7. The lowest BCUT2D eigenvalue weighted by atomic mass is 9.99. The highest BCUT2D eigenvalue weighted by atomic mass is 35.5. The lowest BCUT2D eigenvalue weighted by Crippen LogP contribution is -2.31. The van der Waals surface area contributed by atoms with E-state index in [0.717, 1.165) is 46.6 Å². The van der Waals surface area contributed by atoms with Crippen LogP contribution in [0.2, 0.25) is 0 Å². The smallest absolute Gasteiger partial charge is 0.119 e. The zero-order valence-corrected chi connectivity index (χ0v) is 26.6. The van der Waals surface area contributed by atoms with Gasteiger partial charge in [0.2, 0.25) is 0 Å². The Balaban J connectivity index is 0.00000400. The van der Waals surface area contributed by atoms with Crippen LogP contribution in [0.15, 0.2) is 54.6 Å². The SMILES string of the molecule is CCCCCCCCN(CCCCCCCC)CC(O)c1cc(-c2ccccc2)nc2ccc(OC)cc12.Cl.Cl. The molecule has 0 aliphatic heterocycles. The summed E-state index contributed by atoms with van der Waals surface area (Å²) in [5.41, 5.74) is 3.79. The second kappa shape index (κ2) is 20.9. The fourth-order valence-corrected chi connectivity index (χ4v) is 5.26. The zero-order chi connectivity index (χ0) is 27.0. The van der Waals surface area contributed by atoms with E-state index < -0.39 is 6.10 Å². The maximum Gasteiger partial charge on any atom is 0.119 e. The van der Waals surface area contributed by atoms with Gasteiger partial charge >= 0.3 is 0 Å². The van der Waals surface area contributed by atoms with Crippen molar-refractivity contribution < 1.29 is 9.84 Å². The molecule has 0 fully saturated rings. The van der Waals surface area contributed by atoms with Crippen LogP contribution in [0.25, 0.3) is 22.2 Å². The molecule has 0 saturated heterocycles.